The number of hydrogen-bond donors (Lipinski definition) is 1. The maximum Gasteiger partial charge on any atom is 0.0931 e. The topological polar surface area (TPSA) is 29.3 Å². The minimum Gasteiger partial charge on any atom is -0.329 e. The van der Waals surface area contributed by atoms with Crippen LogP contribution in [0.25, 0.3) is 0 Å². The van der Waals surface area contributed by atoms with Crippen molar-refractivity contribution in [3.63, 3.8) is 0 Å². The molecule has 0 fully saturated rings. The van der Waals surface area contributed by atoms with Crippen LogP contribution in [0.15, 0.2) is 12.1 Å². The van der Waals surface area contributed by atoms with Crippen LogP contribution >= 0.6 is 34.7 Å². The summed E-state index contributed by atoms with van der Waals surface area (Å²) in [4.78, 5) is 3.47. The fourth-order valence-corrected chi connectivity index (χ4v) is 3.68. The highest BCUT2D eigenvalue weighted by Crippen LogP contribution is 2.34. The summed E-state index contributed by atoms with van der Waals surface area (Å²) in [6.07, 6.45) is 0. The molecule has 0 aliphatic rings. The lowest BCUT2D eigenvalue weighted by Gasteiger charge is -2.14. The van der Waals surface area contributed by atoms with Gasteiger partial charge < -0.3 is 10.6 Å². The van der Waals surface area contributed by atoms with E-state index in [4.69, 9.17) is 17.3 Å². The van der Waals surface area contributed by atoms with E-state index < -0.39 is 0 Å². The molecule has 86 valence electrons. The highest BCUT2D eigenvalue weighted by molar-refractivity contribution is 7.99. The molecular weight excluding hydrogens is 248 g/mol. The highest BCUT2D eigenvalue weighted by Gasteiger charge is 2.12. The second-order valence-electron chi connectivity index (χ2n) is 3.54. The number of thiophene rings is 1. The van der Waals surface area contributed by atoms with Crippen molar-refractivity contribution in [1.29, 1.82) is 0 Å². The van der Waals surface area contributed by atoms with Crippen LogP contribution in [0.3, 0.4) is 0 Å². The van der Waals surface area contributed by atoms with Crippen molar-refractivity contribution in [3.8, 4) is 0 Å². The predicted molar refractivity (Wildman–Crippen MR) is 72.1 cm³/mol. The maximum absolute atomic E-state index is 5.91. The van der Waals surface area contributed by atoms with Gasteiger partial charge in [-0.15, -0.1) is 11.3 Å². The van der Waals surface area contributed by atoms with Gasteiger partial charge in [-0.3, -0.25) is 0 Å². The Kier molecular flexibility index (Phi) is 6.00. The van der Waals surface area contributed by atoms with Gasteiger partial charge in [0.15, 0.2) is 0 Å². The predicted octanol–water partition coefficient (Wildman–Crippen LogP) is 2.70. The Bertz CT molecular complexity index is 289. The molecule has 1 aromatic heterocycles. The van der Waals surface area contributed by atoms with Crippen LogP contribution in [-0.4, -0.2) is 37.8 Å². The lowest BCUT2D eigenvalue weighted by molar-refractivity contribution is 0.437. The van der Waals surface area contributed by atoms with E-state index in [1.165, 1.54) is 4.88 Å². The monoisotopic (exact) mass is 264 g/mol. The molecule has 5 heteroatoms. The Balaban J connectivity index is 2.42. The van der Waals surface area contributed by atoms with E-state index in [1.807, 2.05) is 17.8 Å². The number of rotatable bonds is 6. The fraction of sp³-hybridized carbons (Fsp3) is 0.600. The third-order valence-corrected chi connectivity index (χ3v) is 4.74. The Hall–Kier alpha value is 0.260. The second kappa shape index (κ2) is 6.76. The standard InChI is InChI=1S/C10H17ClN2S2/c1-13(2)5-6-14-9(7-12)8-3-4-10(11)15-8/h3-4,9H,5-7,12H2,1-2H3. The molecule has 1 heterocycles. The first kappa shape index (κ1) is 13.3. The molecule has 1 unspecified atom stereocenters. The molecule has 0 saturated carbocycles. The van der Waals surface area contributed by atoms with Crippen LogP contribution in [0.4, 0.5) is 0 Å². The molecule has 0 radical (unpaired) electrons. The summed E-state index contributed by atoms with van der Waals surface area (Å²) < 4.78 is 0.844. The van der Waals surface area contributed by atoms with Crippen LogP contribution in [0.1, 0.15) is 10.1 Å². The Morgan fingerprint density at radius 1 is 1.53 bits per heavy atom. The van der Waals surface area contributed by atoms with Crippen molar-refractivity contribution in [3.05, 3.63) is 21.3 Å². The van der Waals surface area contributed by atoms with E-state index in [0.29, 0.717) is 11.8 Å². The summed E-state index contributed by atoms with van der Waals surface area (Å²) in [6.45, 7) is 1.76. The molecule has 0 bridgehead atoms. The van der Waals surface area contributed by atoms with Crippen LogP contribution in [0, 0.1) is 0 Å². The third kappa shape index (κ3) is 4.74. The first-order valence-electron chi connectivity index (χ1n) is 4.85. The van der Waals surface area contributed by atoms with Gasteiger partial charge >= 0.3 is 0 Å². The minimum atomic E-state index is 0.391. The molecule has 0 spiro atoms. The molecule has 0 aliphatic carbocycles. The molecule has 1 rings (SSSR count). The van der Waals surface area contributed by atoms with E-state index in [9.17, 15) is 0 Å². The van der Waals surface area contributed by atoms with Gasteiger partial charge in [0.1, 0.15) is 0 Å². The zero-order valence-electron chi connectivity index (χ0n) is 9.07. The Morgan fingerprint density at radius 3 is 2.73 bits per heavy atom. The van der Waals surface area contributed by atoms with Crippen molar-refractivity contribution in [1.82, 2.24) is 4.90 Å². The van der Waals surface area contributed by atoms with Crippen LogP contribution in [0.2, 0.25) is 4.34 Å². The van der Waals surface area contributed by atoms with Gasteiger partial charge in [0.2, 0.25) is 0 Å². The van der Waals surface area contributed by atoms with Gasteiger partial charge in [-0.05, 0) is 26.2 Å². The van der Waals surface area contributed by atoms with Crippen molar-refractivity contribution in [2.24, 2.45) is 5.73 Å². The van der Waals surface area contributed by atoms with Gasteiger partial charge in [0.05, 0.1) is 9.59 Å². The summed E-state index contributed by atoms with van der Waals surface area (Å²) in [5.74, 6) is 1.10. The molecule has 1 aromatic rings. The summed E-state index contributed by atoms with van der Waals surface area (Å²) in [6, 6.07) is 4.02. The number of halogens is 1. The van der Waals surface area contributed by atoms with Crippen LogP contribution in [-0.2, 0) is 0 Å². The van der Waals surface area contributed by atoms with Crippen LogP contribution < -0.4 is 5.73 Å². The van der Waals surface area contributed by atoms with Gasteiger partial charge in [0, 0.05) is 23.7 Å². The maximum atomic E-state index is 5.91. The van der Waals surface area contributed by atoms with Crippen molar-refractivity contribution in [2.45, 2.75) is 5.25 Å². The summed E-state index contributed by atoms with van der Waals surface area (Å²) in [7, 11) is 4.17. The fourth-order valence-electron chi connectivity index (χ4n) is 1.15. The summed E-state index contributed by atoms with van der Waals surface area (Å²) >= 11 is 9.44. The quantitative estimate of drug-likeness (QED) is 0.857. The average Bonchev–Trinajstić information content (AvgIpc) is 2.59. The number of hydrogen-bond acceptors (Lipinski definition) is 4. The van der Waals surface area contributed by atoms with Crippen molar-refractivity contribution < 1.29 is 0 Å². The van der Waals surface area contributed by atoms with E-state index in [1.54, 1.807) is 11.3 Å². The molecule has 0 aromatic carbocycles. The van der Waals surface area contributed by atoms with Gasteiger partial charge in [-0.2, -0.15) is 11.8 Å². The average molecular weight is 265 g/mol. The second-order valence-corrected chi connectivity index (χ2v) is 6.60. The molecule has 0 saturated heterocycles. The summed E-state index contributed by atoms with van der Waals surface area (Å²) in [5, 5.41) is 0.391. The van der Waals surface area contributed by atoms with Gasteiger partial charge in [-0.1, -0.05) is 11.6 Å². The SMILES string of the molecule is CN(C)CCSC(CN)c1ccc(Cl)s1. The van der Waals surface area contributed by atoms with Gasteiger partial charge in [-0.25, -0.2) is 0 Å². The lowest BCUT2D eigenvalue weighted by Crippen LogP contribution is -2.17. The molecule has 2 N–H and O–H groups in total. The first-order chi connectivity index (χ1) is 7.13. The zero-order chi connectivity index (χ0) is 11.3. The molecule has 2 nitrogen and oxygen atoms in total. The molecular formula is C10H17ClN2S2. The molecule has 15 heavy (non-hydrogen) atoms. The van der Waals surface area contributed by atoms with Gasteiger partial charge in [0.25, 0.3) is 0 Å². The highest BCUT2D eigenvalue weighted by atomic mass is 35.5. The third-order valence-electron chi connectivity index (χ3n) is 1.98. The zero-order valence-corrected chi connectivity index (χ0v) is 11.5. The first-order valence-corrected chi connectivity index (χ1v) is 7.09. The van der Waals surface area contributed by atoms with E-state index in [0.717, 1.165) is 16.6 Å². The van der Waals surface area contributed by atoms with Crippen LogP contribution in [0.5, 0.6) is 0 Å². The molecule has 0 aliphatic heterocycles. The Labute approximate surface area is 105 Å². The van der Waals surface area contributed by atoms with Crippen molar-refractivity contribution in [2.75, 3.05) is 32.9 Å². The largest absolute Gasteiger partial charge is 0.329 e. The summed E-state index contributed by atoms with van der Waals surface area (Å²) in [5.41, 5.74) is 5.76. The number of thioether (sulfide) groups is 1. The van der Waals surface area contributed by atoms with Crippen molar-refractivity contribution >= 4 is 34.7 Å². The molecule has 0 amide bonds. The van der Waals surface area contributed by atoms with E-state index in [2.05, 4.69) is 25.1 Å². The lowest BCUT2D eigenvalue weighted by atomic mass is 10.3. The minimum absolute atomic E-state index is 0.391. The number of nitrogens with two attached hydrogens (primary N) is 1. The van der Waals surface area contributed by atoms with E-state index >= 15 is 0 Å². The van der Waals surface area contributed by atoms with E-state index in [-0.39, 0.29) is 0 Å². The Morgan fingerprint density at radius 2 is 2.27 bits per heavy atom. The molecule has 1 atom stereocenters. The number of nitrogens with zero attached hydrogens (tertiary/aromatic N) is 1. The smallest absolute Gasteiger partial charge is 0.0931 e. The normalized spacial score (nSPS) is 13.4.